The smallest absolute Gasteiger partial charge is 0.144 e. The third-order valence-electron chi connectivity index (χ3n) is 3.45. The Balaban J connectivity index is 2.69. The highest BCUT2D eigenvalue weighted by molar-refractivity contribution is 5.83. The fourth-order valence-electron chi connectivity index (χ4n) is 2.24. The van der Waals surface area contributed by atoms with Gasteiger partial charge in [-0.25, -0.2) is 10.8 Å². The van der Waals surface area contributed by atoms with Crippen molar-refractivity contribution in [3.63, 3.8) is 0 Å². The number of hydrogen-bond acceptors (Lipinski definition) is 3. The van der Waals surface area contributed by atoms with Crippen molar-refractivity contribution in [2.24, 2.45) is 5.84 Å². The number of nitrogens with one attached hydrogen (secondary N) is 1. The molecule has 1 heterocycles. The predicted octanol–water partition coefficient (Wildman–Crippen LogP) is 3.94. The number of rotatable bonds is 2. The Morgan fingerprint density at radius 2 is 1.84 bits per heavy atom. The first-order valence-corrected chi connectivity index (χ1v) is 6.74. The van der Waals surface area contributed by atoms with Crippen LogP contribution in [0.3, 0.4) is 0 Å². The maximum atomic E-state index is 5.60. The number of nitrogen functional groups attached to an aromatic ring is 1. The van der Waals surface area contributed by atoms with Gasteiger partial charge in [-0.3, -0.25) is 0 Å². The average molecular weight is 257 g/mol. The Bertz CT molecular complexity index is 595. The molecule has 0 saturated carbocycles. The van der Waals surface area contributed by atoms with Crippen molar-refractivity contribution in [3.05, 3.63) is 35.4 Å². The number of fused-ring (bicyclic) bond motifs is 1. The molecule has 0 spiro atoms. The number of nitrogens with two attached hydrogens (primary N) is 1. The first-order chi connectivity index (χ1) is 8.82. The van der Waals surface area contributed by atoms with Crippen LogP contribution in [0, 0.1) is 0 Å². The van der Waals surface area contributed by atoms with Gasteiger partial charge in [-0.05, 0) is 35.1 Å². The normalized spacial score (nSPS) is 12.2. The van der Waals surface area contributed by atoms with Crippen molar-refractivity contribution in [2.75, 3.05) is 5.43 Å². The Kier molecular flexibility index (Phi) is 3.50. The number of hydrazine groups is 1. The molecule has 0 amide bonds. The average Bonchev–Trinajstić information content (AvgIpc) is 2.35. The Labute approximate surface area is 115 Å². The van der Waals surface area contributed by atoms with Crippen LogP contribution in [-0.2, 0) is 5.41 Å². The molecule has 3 N–H and O–H groups in total. The third-order valence-corrected chi connectivity index (χ3v) is 3.45. The van der Waals surface area contributed by atoms with Crippen molar-refractivity contribution < 1.29 is 0 Å². The molecular weight excluding hydrogens is 234 g/mol. The van der Waals surface area contributed by atoms with Crippen LogP contribution >= 0.6 is 0 Å². The zero-order chi connectivity index (χ0) is 14.2. The standard InChI is InChI=1S/C16H23N3/c1-10(2)11-6-7-14-12(8-11)9-13(16(3,4)5)15(18-14)19-17/h6-10H,17H2,1-5H3,(H,18,19). The summed E-state index contributed by atoms with van der Waals surface area (Å²) in [4.78, 5) is 4.62. The highest BCUT2D eigenvalue weighted by atomic mass is 15.2. The van der Waals surface area contributed by atoms with Gasteiger partial charge in [0.05, 0.1) is 5.52 Å². The summed E-state index contributed by atoms with van der Waals surface area (Å²) in [7, 11) is 0. The van der Waals surface area contributed by atoms with Crippen LogP contribution in [-0.4, -0.2) is 4.98 Å². The van der Waals surface area contributed by atoms with E-state index in [1.54, 1.807) is 0 Å². The Morgan fingerprint density at radius 3 is 2.37 bits per heavy atom. The number of hydrogen-bond donors (Lipinski definition) is 2. The van der Waals surface area contributed by atoms with Crippen LogP contribution in [0.5, 0.6) is 0 Å². The highest BCUT2D eigenvalue weighted by Crippen LogP contribution is 2.31. The molecule has 0 fully saturated rings. The fourth-order valence-corrected chi connectivity index (χ4v) is 2.24. The van der Waals surface area contributed by atoms with Gasteiger partial charge in [0, 0.05) is 10.9 Å². The number of aromatic nitrogens is 1. The summed E-state index contributed by atoms with van der Waals surface area (Å²) in [6, 6.07) is 8.63. The van der Waals surface area contributed by atoms with E-state index in [-0.39, 0.29) is 5.41 Å². The van der Waals surface area contributed by atoms with Crippen LogP contribution in [0.25, 0.3) is 10.9 Å². The van der Waals surface area contributed by atoms with Gasteiger partial charge < -0.3 is 5.43 Å². The first-order valence-electron chi connectivity index (χ1n) is 6.74. The van der Waals surface area contributed by atoms with Gasteiger partial charge in [-0.15, -0.1) is 0 Å². The minimum atomic E-state index is 0.0106. The molecule has 3 nitrogen and oxygen atoms in total. The Morgan fingerprint density at radius 1 is 1.16 bits per heavy atom. The number of anilines is 1. The van der Waals surface area contributed by atoms with Gasteiger partial charge in [0.1, 0.15) is 5.82 Å². The maximum absolute atomic E-state index is 5.60. The topological polar surface area (TPSA) is 50.9 Å². The summed E-state index contributed by atoms with van der Waals surface area (Å²) in [6.45, 7) is 10.9. The second-order valence-corrected chi connectivity index (χ2v) is 6.39. The lowest BCUT2D eigenvalue weighted by atomic mass is 9.86. The molecule has 3 heteroatoms. The lowest BCUT2D eigenvalue weighted by Crippen LogP contribution is -2.19. The number of nitrogens with zero attached hydrogens (tertiary/aromatic N) is 1. The third kappa shape index (κ3) is 2.71. The van der Waals surface area contributed by atoms with Crippen molar-refractivity contribution in [1.82, 2.24) is 4.98 Å². The van der Waals surface area contributed by atoms with Crippen molar-refractivity contribution >= 4 is 16.7 Å². The molecule has 102 valence electrons. The molecule has 0 aliphatic heterocycles. The molecule has 19 heavy (non-hydrogen) atoms. The van der Waals surface area contributed by atoms with E-state index in [4.69, 9.17) is 5.84 Å². The van der Waals surface area contributed by atoms with E-state index in [0.29, 0.717) is 5.92 Å². The van der Waals surface area contributed by atoms with E-state index < -0.39 is 0 Å². The molecule has 0 bridgehead atoms. The molecule has 2 aromatic rings. The second kappa shape index (κ2) is 4.82. The van der Waals surface area contributed by atoms with Crippen LogP contribution in [0.4, 0.5) is 5.82 Å². The van der Waals surface area contributed by atoms with Gasteiger partial charge in [-0.1, -0.05) is 40.7 Å². The molecular formula is C16H23N3. The molecule has 0 aliphatic rings. The minimum absolute atomic E-state index is 0.0106. The molecule has 0 saturated heterocycles. The summed E-state index contributed by atoms with van der Waals surface area (Å²) in [5.41, 5.74) is 6.19. The SMILES string of the molecule is CC(C)c1ccc2nc(NN)c(C(C)(C)C)cc2c1. The van der Waals surface area contributed by atoms with Gasteiger partial charge in [0.25, 0.3) is 0 Å². The first kappa shape index (κ1) is 13.8. The zero-order valence-corrected chi connectivity index (χ0v) is 12.4. The van der Waals surface area contributed by atoms with Gasteiger partial charge in [0.2, 0.25) is 0 Å². The number of benzene rings is 1. The number of pyridine rings is 1. The molecule has 0 unspecified atom stereocenters. The quantitative estimate of drug-likeness (QED) is 0.633. The lowest BCUT2D eigenvalue weighted by Gasteiger charge is -2.22. The summed E-state index contributed by atoms with van der Waals surface area (Å²) in [5.74, 6) is 6.89. The van der Waals surface area contributed by atoms with Crippen LogP contribution in [0.2, 0.25) is 0 Å². The molecule has 0 aliphatic carbocycles. The zero-order valence-electron chi connectivity index (χ0n) is 12.4. The minimum Gasteiger partial charge on any atom is -0.308 e. The lowest BCUT2D eigenvalue weighted by molar-refractivity contribution is 0.590. The van der Waals surface area contributed by atoms with Crippen LogP contribution in [0.15, 0.2) is 24.3 Å². The van der Waals surface area contributed by atoms with Crippen molar-refractivity contribution in [3.8, 4) is 0 Å². The van der Waals surface area contributed by atoms with Gasteiger partial charge in [0.15, 0.2) is 0 Å². The molecule has 1 aromatic heterocycles. The Hall–Kier alpha value is -1.61. The maximum Gasteiger partial charge on any atom is 0.144 e. The summed E-state index contributed by atoms with van der Waals surface area (Å²) in [6.07, 6.45) is 0. The van der Waals surface area contributed by atoms with E-state index in [1.165, 1.54) is 10.9 Å². The van der Waals surface area contributed by atoms with Crippen molar-refractivity contribution in [1.29, 1.82) is 0 Å². The van der Waals surface area contributed by atoms with E-state index in [2.05, 4.69) is 69.3 Å². The van der Waals surface area contributed by atoms with Gasteiger partial charge in [-0.2, -0.15) is 0 Å². The summed E-state index contributed by atoms with van der Waals surface area (Å²) in [5, 5.41) is 1.18. The molecule has 2 rings (SSSR count). The summed E-state index contributed by atoms with van der Waals surface area (Å²) < 4.78 is 0. The second-order valence-electron chi connectivity index (χ2n) is 6.39. The largest absolute Gasteiger partial charge is 0.308 e. The molecule has 0 radical (unpaired) electrons. The van der Waals surface area contributed by atoms with Crippen LogP contribution in [0.1, 0.15) is 51.7 Å². The van der Waals surface area contributed by atoms with E-state index >= 15 is 0 Å². The molecule has 1 aromatic carbocycles. The van der Waals surface area contributed by atoms with Crippen molar-refractivity contribution in [2.45, 2.75) is 46.0 Å². The molecule has 0 atom stereocenters. The van der Waals surface area contributed by atoms with E-state index in [1.807, 2.05) is 0 Å². The predicted molar refractivity (Wildman–Crippen MR) is 82.3 cm³/mol. The van der Waals surface area contributed by atoms with E-state index in [9.17, 15) is 0 Å². The highest BCUT2D eigenvalue weighted by Gasteiger charge is 2.19. The monoisotopic (exact) mass is 257 g/mol. The van der Waals surface area contributed by atoms with Crippen LogP contribution < -0.4 is 11.3 Å². The summed E-state index contributed by atoms with van der Waals surface area (Å²) >= 11 is 0. The van der Waals surface area contributed by atoms with E-state index in [0.717, 1.165) is 16.9 Å². The van der Waals surface area contributed by atoms with Gasteiger partial charge >= 0.3 is 0 Å². The fraction of sp³-hybridized carbons (Fsp3) is 0.438.